The van der Waals surface area contributed by atoms with Gasteiger partial charge in [0.1, 0.15) is 5.01 Å². The highest BCUT2D eigenvalue weighted by Crippen LogP contribution is 2.35. The topological polar surface area (TPSA) is 55.0 Å². The van der Waals surface area contributed by atoms with Gasteiger partial charge in [-0.3, -0.25) is 9.88 Å². The molecular formula is C15H22Cl2N4S. The number of hydrogen-bond donors (Lipinski definition) is 1. The van der Waals surface area contributed by atoms with E-state index in [1.54, 1.807) is 17.5 Å². The summed E-state index contributed by atoms with van der Waals surface area (Å²) in [5.74, 6) is 0.791. The van der Waals surface area contributed by atoms with Crippen LogP contribution in [0.1, 0.15) is 18.5 Å². The molecule has 0 saturated heterocycles. The highest BCUT2D eigenvalue weighted by atomic mass is 35.5. The molecule has 122 valence electrons. The minimum absolute atomic E-state index is 0. The largest absolute Gasteiger partial charge is 0.329 e. The number of pyridine rings is 1. The second kappa shape index (κ2) is 8.79. The van der Waals surface area contributed by atoms with E-state index in [2.05, 4.69) is 22.3 Å². The molecule has 2 N–H and O–H groups in total. The highest BCUT2D eigenvalue weighted by Gasteiger charge is 2.32. The summed E-state index contributed by atoms with van der Waals surface area (Å²) in [6.45, 7) is 1.60. The summed E-state index contributed by atoms with van der Waals surface area (Å²) in [5.41, 5.74) is 7.95. The molecule has 1 unspecified atom stereocenters. The van der Waals surface area contributed by atoms with E-state index in [4.69, 9.17) is 10.7 Å². The van der Waals surface area contributed by atoms with E-state index in [-0.39, 0.29) is 24.8 Å². The SMILES string of the molecule is CN(Cc1csc(-c2ccccn2)n1)C(CN)C1CC1.Cl.Cl. The Morgan fingerprint density at radius 3 is 2.73 bits per heavy atom. The molecule has 1 aliphatic carbocycles. The van der Waals surface area contributed by atoms with Crippen LogP contribution in [0, 0.1) is 5.92 Å². The lowest BCUT2D eigenvalue weighted by Gasteiger charge is -2.26. The molecule has 0 amide bonds. The van der Waals surface area contributed by atoms with Crippen molar-refractivity contribution < 1.29 is 0 Å². The summed E-state index contributed by atoms with van der Waals surface area (Å²) in [7, 11) is 2.15. The van der Waals surface area contributed by atoms with Gasteiger partial charge in [0.25, 0.3) is 0 Å². The molecule has 2 aromatic rings. The second-order valence-corrected chi connectivity index (χ2v) is 6.27. The zero-order valence-corrected chi connectivity index (χ0v) is 15.0. The Morgan fingerprint density at radius 2 is 2.14 bits per heavy atom. The number of hydrogen-bond acceptors (Lipinski definition) is 5. The van der Waals surface area contributed by atoms with Gasteiger partial charge in [-0.25, -0.2) is 4.98 Å². The lowest BCUT2D eigenvalue weighted by Crippen LogP contribution is -2.39. The molecule has 2 aromatic heterocycles. The monoisotopic (exact) mass is 360 g/mol. The summed E-state index contributed by atoms with van der Waals surface area (Å²) in [6.07, 6.45) is 4.45. The molecule has 0 bridgehead atoms. The summed E-state index contributed by atoms with van der Waals surface area (Å²) >= 11 is 1.66. The molecular weight excluding hydrogens is 339 g/mol. The minimum atomic E-state index is 0. The molecule has 3 rings (SSSR count). The van der Waals surface area contributed by atoms with E-state index in [1.807, 2.05) is 18.2 Å². The van der Waals surface area contributed by atoms with Gasteiger partial charge in [0.15, 0.2) is 0 Å². The van der Waals surface area contributed by atoms with Crippen molar-refractivity contribution in [1.82, 2.24) is 14.9 Å². The molecule has 0 aromatic carbocycles. The van der Waals surface area contributed by atoms with E-state index >= 15 is 0 Å². The number of rotatable bonds is 6. The first kappa shape index (κ1) is 19.3. The van der Waals surface area contributed by atoms with Crippen molar-refractivity contribution in [3.63, 3.8) is 0 Å². The average Bonchev–Trinajstić information content (AvgIpc) is 3.19. The number of likely N-dealkylation sites (N-methyl/N-ethyl adjacent to an activating group) is 1. The third-order valence-corrected chi connectivity index (χ3v) is 4.73. The Bertz CT molecular complexity index is 560. The third kappa shape index (κ3) is 4.64. The van der Waals surface area contributed by atoms with E-state index in [0.717, 1.165) is 35.4 Å². The Balaban J connectivity index is 0.00000121. The van der Waals surface area contributed by atoms with Crippen molar-refractivity contribution in [2.45, 2.75) is 25.4 Å². The first-order valence-electron chi connectivity index (χ1n) is 7.04. The Kier molecular flexibility index (Phi) is 7.72. The molecule has 7 heteroatoms. The molecule has 22 heavy (non-hydrogen) atoms. The van der Waals surface area contributed by atoms with E-state index < -0.39 is 0 Å². The van der Waals surface area contributed by atoms with Crippen molar-refractivity contribution in [3.8, 4) is 10.7 Å². The van der Waals surface area contributed by atoms with Gasteiger partial charge in [0.2, 0.25) is 0 Å². The zero-order valence-electron chi connectivity index (χ0n) is 12.5. The van der Waals surface area contributed by atoms with Gasteiger partial charge in [-0.15, -0.1) is 36.2 Å². The molecule has 2 heterocycles. The predicted molar refractivity (Wildman–Crippen MR) is 96.9 cm³/mol. The first-order chi connectivity index (χ1) is 9.78. The maximum absolute atomic E-state index is 5.90. The number of thiazole rings is 1. The quantitative estimate of drug-likeness (QED) is 0.858. The normalized spacial score (nSPS) is 15.0. The van der Waals surface area contributed by atoms with Crippen LogP contribution in [0.5, 0.6) is 0 Å². The first-order valence-corrected chi connectivity index (χ1v) is 7.92. The fourth-order valence-electron chi connectivity index (χ4n) is 2.57. The van der Waals surface area contributed by atoms with Crippen molar-refractivity contribution >= 4 is 36.2 Å². The molecule has 0 radical (unpaired) electrons. The zero-order chi connectivity index (χ0) is 13.9. The Morgan fingerprint density at radius 1 is 1.36 bits per heavy atom. The maximum Gasteiger partial charge on any atom is 0.142 e. The van der Waals surface area contributed by atoms with Crippen LogP contribution in [0.15, 0.2) is 29.8 Å². The van der Waals surface area contributed by atoms with Gasteiger partial charge >= 0.3 is 0 Å². The van der Waals surface area contributed by atoms with Crippen molar-refractivity contribution in [2.75, 3.05) is 13.6 Å². The molecule has 1 saturated carbocycles. The van der Waals surface area contributed by atoms with E-state index in [0.29, 0.717) is 6.04 Å². The van der Waals surface area contributed by atoms with E-state index in [9.17, 15) is 0 Å². The van der Waals surface area contributed by atoms with Gasteiger partial charge in [0, 0.05) is 30.7 Å². The van der Waals surface area contributed by atoms with Gasteiger partial charge in [0.05, 0.1) is 11.4 Å². The lowest BCUT2D eigenvalue weighted by molar-refractivity contribution is 0.213. The number of aromatic nitrogens is 2. The molecule has 1 atom stereocenters. The standard InChI is InChI=1S/C15H20N4S.2ClH/c1-19(14(8-16)11-5-6-11)9-12-10-20-15(18-12)13-4-2-3-7-17-13;;/h2-4,7,10-11,14H,5-6,8-9,16H2,1H3;2*1H. The third-order valence-electron chi connectivity index (χ3n) is 3.82. The molecule has 0 spiro atoms. The number of halogens is 2. The fraction of sp³-hybridized carbons (Fsp3) is 0.467. The van der Waals surface area contributed by atoms with Crippen LogP contribution < -0.4 is 5.73 Å². The molecule has 1 aliphatic rings. The van der Waals surface area contributed by atoms with Crippen LogP contribution in [0.3, 0.4) is 0 Å². The summed E-state index contributed by atoms with van der Waals surface area (Å²) in [6, 6.07) is 6.41. The maximum atomic E-state index is 5.90. The van der Waals surface area contributed by atoms with Gasteiger partial charge in [-0.1, -0.05) is 6.07 Å². The second-order valence-electron chi connectivity index (χ2n) is 5.41. The summed E-state index contributed by atoms with van der Waals surface area (Å²) in [4.78, 5) is 11.4. The van der Waals surface area contributed by atoms with Crippen LogP contribution in [0.4, 0.5) is 0 Å². The predicted octanol–water partition coefficient (Wildman–Crippen LogP) is 3.22. The van der Waals surface area contributed by atoms with E-state index in [1.165, 1.54) is 12.8 Å². The fourth-order valence-corrected chi connectivity index (χ4v) is 3.36. The minimum Gasteiger partial charge on any atom is -0.329 e. The van der Waals surface area contributed by atoms with Crippen molar-refractivity contribution in [2.24, 2.45) is 11.7 Å². The molecule has 4 nitrogen and oxygen atoms in total. The van der Waals surface area contributed by atoms with Gasteiger partial charge < -0.3 is 5.73 Å². The van der Waals surface area contributed by atoms with Crippen LogP contribution in [0.2, 0.25) is 0 Å². The number of nitrogens with two attached hydrogens (primary N) is 1. The smallest absolute Gasteiger partial charge is 0.142 e. The van der Waals surface area contributed by atoms with Crippen molar-refractivity contribution in [3.05, 3.63) is 35.5 Å². The van der Waals surface area contributed by atoms with Gasteiger partial charge in [-0.2, -0.15) is 0 Å². The van der Waals surface area contributed by atoms with Crippen LogP contribution in [-0.2, 0) is 6.54 Å². The molecule has 1 fully saturated rings. The van der Waals surface area contributed by atoms with Gasteiger partial charge in [-0.05, 0) is 37.9 Å². The highest BCUT2D eigenvalue weighted by molar-refractivity contribution is 7.13. The Hall–Kier alpha value is -0.720. The van der Waals surface area contributed by atoms with Crippen LogP contribution in [0.25, 0.3) is 10.7 Å². The van der Waals surface area contributed by atoms with Crippen molar-refractivity contribution in [1.29, 1.82) is 0 Å². The molecule has 0 aliphatic heterocycles. The number of nitrogens with zero attached hydrogens (tertiary/aromatic N) is 3. The summed E-state index contributed by atoms with van der Waals surface area (Å²) < 4.78 is 0. The van der Waals surface area contributed by atoms with Crippen LogP contribution >= 0.6 is 36.2 Å². The average molecular weight is 361 g/mol. The van der Waals surface area contributed by atoms with Crippen LogP contribution in [-0.4, -0.2) is 34.5 Å². The lowest BCUT2D eigenvalue weighted by atomic mass is 10.1. The Labute approximate surface area is 148 Å². The summed E-state index contributed by atoms with van der Waals surface area (Å²) in [5, 5.41) is 3.12.